The third-order valence-electron chi connectivity index (χ3n) is 3.95. The Kier molecular flexibility index (Phi) is 4.96. The molecule has 0 fully saturated rings. The fraction of sp³-hybridized carbons (Fsp3) is 0.294. The number of rotatable bonds is 4. The monoisotopic (exact) mass is 379 g/mol. The lowest BCUT2D eigenvalue weighted by Crippen LogP contribution is -2.39. The largest absolute Gasteiger partial charge is 0.349 e. The van der Waals surface area contributed by atoms with Gasteiger partial charge in [0.25, 0.3) is 15.9 Å². The minimum absolute atomic E-state index is 0.0569. The molecule has 1 N–H and O–H groups in total. The Morgan fingerprint density at radius 3 is 2.88 bits per heavy atom. The van der Waals surface area contributed by atoms with E-state index in [9.17, 15) is 13.2 Å². The maximum absolute atomic E-state index is 12.4. The standard InChI is InChI=1S/C17H18ClN3O3S/c1-12(10-13-4-2-3-5-15(13)18)19-17(22)14-6-7-16-20-25(23,24)9-8-21(16)11-14/h2-7,11-12H,8-10H2,1H3,(H,19,22). The van der Waals surface area contributed by atoms with E-state index in [1.54, 1.807) is 23.3 Å². The van der Waals surface area contributed by atoms with Gasteiger partial charge in [0, 0.05) is 23.8 Å². The van der Waals surface area contributed by atoms with Gasteiger partial charge in [0.15, 0.2) is 0 Å². The Labute approximate surface area is 151 Å². The van der Waals surface area contributed by atoms with Crippen molar-refractivity contribution in [3.8, 4) is 0 Å². The van der Waals surface area contributed by atoms with Crippen LogP contribution in [0.2, 0.25) is 5.02 Å². The molecule has 2 aliphatic rings. The molecule has 0 saturated heterocycles. The van der Waals surface area contributed by atoms with E-state index in [1.807, 2.05) is 31.2 Å². The number of carbonyl (C=O) groups excluding carboxylic acids is 1. The van der Waals surface area contributed by atoms with E-state index in [1.165, 1.54) is 0 Å². The molecule has 1 aromatic carbocycles. The van der Waals surface area contributed by atoms with Crippen LogP contribution in [0.15, 0.2) is 52.6 Å². The molecule has 0 bridgehead atoms. The molecule has 8 heteroatoms. The van der Waals surface area contributed by atoms with Gasteiger partial charge in [0.05, 0.1) is 11.3 Å². The molecule has 3 rings (SSSR count). The predicted molar refractivity (Wildman–Crippen MR) is 97.9 cm³/mol. The van der Waals surface area contributed by atoms with Gasteiger partial charge in [-0.2, -0.15) is 0 Å². The molecule has 0 spiro atoms. The van der Waals surface area contributed by atoms with Crippen molar-refractivity contribution in [3.05, 3.63) is 58.8 Å². The summed E-state index contributed by atoms with van der Waals surface area (Å²) in [5.74, 6) is 0.0637. The molecule has 0 aliphatic carbocycles. The highest BCUT2D eigenvalue weighted by atomic mass is 35.5. The van der Waals surface area contributed by atoms with Crippen molar-refractivity contribution in [1.29, 1.82) is 0 Å². The summed E-state index contributed by atoms with van der Waals surface area (Å²) in [7, 11) is -3.40. The van der Waals surface area contributed by atoms with Crippen molar-refractivity contribution in [1.82, 2.24) is 10.2 Å². The Bertz CT molecular complexity index is 890. The number of nitrogens with one attached hydrogen (secondary N) is 1. The van der Waals surface area contributed by atoms with Crippen LogP contribution in [0.5, 0.6) is 0 Å². The van der Waals surface area contributed by atoms with Gasteiger partial charge in [0.1, 0.15) is 5.84 Å². The molecule has 2 heterocycles. The van der Waals surface area contributed by atoms with Gasteiger partial charge in [-0.1, -0.05) is 29.8 Å². The average Bonchev–Trinajstić information content (AvgIpc) is 2.55. The third kappa shape index (κ3) is 4.29. The second-order valence-corrected chi connectivity index (χ2v) is 8.18. The number of carbonyl (C=O) groups is 1. The highest BCUT2D eigenvalue weighted by molar-refractivity contribution is 7.90. The summed E-state index contributed by atoms with van der Waals surface area (Å²) in [6, 6.07) is 7.43. The zero-order valence-electron chi connectivity index (χ0n) is 13.6. The number of halogens is 1. The minimum Gasteiger partial charge on any atom is -0.349 e. The van der Waals surface area contributed by atoms with Crippen LogP contribution in [0.1, 0.15) is 12.5 Å². The summed E-state index contributed by atoms with van der Waals surface area (Å²) < 4.78 is 26.7. The molecule has 2 aliphatic heterocycles. The van der Waals surface area contributed by atoms with Crippen molar-refractivity contribution < 1.29 is 13.2 Å². The number of fused-ring (bicyclic) bond motifs is 1. The lowest BCUT2D eigenvalue weighted by molar-refractivity contribution is -0.117. The maximum Gasteiger partial charge on any atom is 0.256 e. The van der Waals surface area contributed by atoms with E-state index < -0.39 is 10.0 Å². The van der Waals surface area contributed by atoms with Gasteiger partial charge >= 0.3 is 0 Å². The van der Waals surface area contributed by atoms with Crippen molar-refractivity contribution in [2.45, 2.75) is 19.4 Å². The molecule has 1 unspecified atom stereocenters. The summed E-state index contributed by atoms with van der Waals surface area (Å²) in [6.07, 6.45) is 5.38. The number of nitrogens with zero attached hydrogens (tertiary/aromatic N) is 2. The topological polar surface area (TPSA) is 78.8 Å². The summed E-state index contributed by atoms with van der Waals surface area (Å²) in [5, 5.41) is 3.61. The zero-order valence-corrected chi connectivity index (χ0v) is 15.2. The van der Waals surface area contributed by atoms with Crippen LogP contribution in [0.4, 0.5) is 0 Å². The highest BCUT2D eigenvalue weighted by Crippen LogP contribution is 2.18. The molecule has 25 heavy (non-hydrogen) atoms. The summed E-state index contributed by atoms with van der Waals surface area (Å²) in [5.41, 5.74) is 1.44. The molecule has 0 radical (unpaired) electrons. The van der Waals surface area contributed by atoms with Crippen molar-refractivity contribution >= 4 is 33.4 Å². The maximum atomic E-state index is 12.4. The molecular formula is C17H18ClN3O3S. The van der Waals surface area contributed by atoms with E-state index in [0.717, 1.165) is 5.56 Å². The van der Waals surface area contributed by atoms with Crippen molar-refractivity contribution in [2.75, 3.05) is 12.3 Å². The smallest absolute Gasteiger partial charge is 0.256 e. The number of amidine groups is 1. The Morgan fingerprint density at radius 1 is 1.36 bits per heavy atom. The van der Waals surface area contributed by atoms with E-state index in [0.29, 0.717) is 22.9 Å². The van der Waals surface area contributed by atoms with E-state index in [-0.39, 0.29) is 24.2 Å². The molecule has 1 atom stereocenters. The van der Waals surface area contributed by atoms with E-state index in [2.05, 4.69) is 9.71 Å². The highest BCUT2D eigenvalue weighted by Gasteiger charge is 2.25. The van der Waals surface area contributed by atoms with Crippen molar-refractivity contribution in [2.24, 2.45) is 4.40 Å². The predicted octanol–water partition coefficient (Wildman–Crippen LogP) is 1.88. The normalized spacial score (nSPS) is 19.5. The fourth-order valence-corrected chi connectivity index (χ4v) is 3.87. The Morgan fingerprint density at radius 2 is 2.12 bits per heavy atom. The number of hydrogen-bond donors (Lipinski definition) is 1. The second-order valence-electron chi connectivity index (χ2n) is 6.02. The van der Waals surface area contributed by atoms with Gasteiger partial charge in [-0.15, -0.1) is 4.40 Å². The van der Waals surface area contributed by atoms with E-state index >= 15 is 0 Å². The fourth-order valence-electron chi connectivity index (χ4n) is 2.69. The first-order chi connectivity index (χ1) is 11.8. The molecule has 0 saturated carbocycles. The lowest BCUT2D eigenvalue weighted by atomic mass is 10.1. The SMILES string of the molecule is CC(Cc1ccccc1Cl)NC(=O)C1=CN2CCS(=O)(=O)N=C2C=C1. The van der Waals surface area contributed by atoms with Gasteiger partial charge < -0.3 is 10.2 Å². The van der Waals surface area contributed by atoms with Gasteiger partial charge in [-0.3, -0.25) is 4.79 Å². The molecule has 6 nitrogen and oxygen atoms in total. The van der Waals surface area contributed by atoms with Crippen LogP contribution >= 0.6 is 11.6 Å². The molecule has 0 aromatic heterocycles. The number of amides is 1. The first-order valence-electron chi connectivity index (χ1n) is 7.87. The summed E-state index contributed by atoms with van der Waals surface area (Å²) in [4.78, 5) is 14.1. The minimum atomic E-state index is -3.40. The zero-order chi connectivity index (χ0) is 18.0. The first kappa shape index (κ1) is 17.7. The molecular weight excluding hydrogens is 362 g/mol. The number of hydrogen-bond acceptors (Lipinski definition) is 4. The van der Waals surface area contributed by atoms with Gasteiger partial charge in [-0.25, -0.2) is 8.42 Å². The van der Waals surface area contributed by atoms with Gasteiger partial charge in [-0.05, 0) is 37.1 Å². The Balaban J connectivity index is 1.65. The first-order valence-corrected chi connectivity index (χ1v) is 9.86. The average molecular weight is 380 g/mol. The van der Waals surface area contributed by atoms with Crippen LogP contribution in [0.25, 0.3) is 0 Å². The number of sulfonamides is 1. The molecule has 132 valence electrons. The van der Waals surface area contributed by atoms with Crippen LogP contribution in [-0.4, -0.2) is 43.4 Å². The number of benzene rings is 1. The quantitative estimate of drug-likeness (QED) is 0.866. The van der Waals surface area contributed by atoms with Crippen LogP contribution < -0.4 is 5.32 Å². The van der Waals surface area contributed by atoms with Crippen LogP contribution in [0.3, 0.4) is 0 Å². The van der Waals surface area contributed by atoms with Gasteiger partial charge in [0.2, 0.25) is 0 Å². The van der Waals surface area contributed by atoms with E-state index in [4.69, 9.17) is 11.6 Å². The molecule has 1 aromatic rings. The molecule has 1 amide bonds. The summed E-state index contributed by atoms with van der Waals surface area (Å²) in [6.45, 7) is 2.20. The Hall–Kier alpha value is -2.12. The van der Waals surface area contributed by atoms with Crippen LogP contribution in [0, 0.1) is 0 Å². The van der Waals surface area contributed by atoms with Crippen LogP contribution in [-0.2, 0) is 21.2 Å². The van der Waals surface area contributed by atoms with Crippen molar-refractivity contribution in [3.63, 3.8) is 0 Å². The lowest BCUT2D eigenvalue weighted by Gasteiger charge is -2.27. The summed E-state index contributed by atoms with van der Waals surface area (Å²) >= 11 is 6.15. The third-order valence-corrected chi connectivity index (χ3v) is 5.48. The second kappa shape index (κ2) is 7.01.